The van der Waals surface area contributed by atoms with Gasteiger partial charge in [0.1, 0.15) is 4.90 Å². The minimum absolute atomic E-state index is 0.147. The fourth-order valence-electron chi connectivity index (χ4n) is 2.19. The fourth-order valence-corrected chi connectivity index (χ4v) is 3.57. The van der Waals surface area contributed by atoms with Gasteiger partial charge in [-0.3, -0.25) is 9.89 Å². The van der Waals surface area contributed by atoms with Crippen molar-refractivity contribution in [3.05, 3.63) is 11.4 Å². The normalized spacial score (nSPS) is 12.7. The molecule has 1 heterocycles. The summed E-state index contributed by atoms with van der Waals surface area (Å²) in [6, 6.07) is 0. The van der Waals surface area contributed by atoms with E-state index in [1.807, 2.05) is 20.8 Å². The monoisotopic (exact) mass is 335 g/mol. The Kier molecular flexibility index (Phi) is 5.44. The first-order valence-corrected chi connectivity index (χ1v) is 9.16. The number of nitrogens with zero attached hydrogens (tertiary/aromatic N) is 1. The summed E-state index contributed by atoms with van der Waals surface area (Å²) in [6.45, 7) is 9.34. The topological polar surface area (TPSA) is 91.9 Å². The quantitative estimate of drug-likeness (QED) is 0.782. The Hall–Kier alpha value is -1.08. The molecule has 1 aromatic rings. The summed E-state index contributed by atoms with van der Waals surface area (Å²) in [5, 5.41) is 9.25. The van der Waals surface area contributed by atoms with Crippen LogP contribution < -0.4 is 5.32 Å². The van der Waals surface area contributed by atoms with Crippen LogP contribution in [0.3, 0.4) is 0 Å². The Bertz CT molecular complexity index is 621. The van der Waals surface area contributed by atoms with Crippen molar-refractivity contribution >= 4 is 25.6 Å². The maximum atomic E-state index is 12.3. The van der Waals surface area contributed by atoms with E-state index in [0.29, 0.717) is 5.69 Å². The lowest BCUT2D eigenvalue weighted by atomic mass is 9.99. The molecule has 0 atom stereocenters. The van der Waals surface area contributed by atoms with Gasteiger partial charge in [0.25, 0.3) is 15.0 Å². The maximum Gasteiger partial charge on any atom is 0.273 e. The molecule has 2 N–H and O–H groups in total. The van der Waals surface area contributed by atoms with E-state index in [9.17, 15) is 13.2 Å². The van der Waals surface area contributed by atoms with Crippen LogP contribution in [0.2, 0.25) is 0 Å². The third-order valence-electron chi connectivity index (χ3n) is 3.11. The number of hydrogen-bond acceptors (Lipinski definition) is 4. The van der Waals surface area contributed by atoms with Gasteiger partial charge in [-0.05, 0) is 26.2 Å². The summed E-state index contributed by atoms with van der Waals surface area (Å²) in [6.07, 6.45) is 1.66. The number of aromatic amines is 1. The summed E-state index contributed by atoms with van der Waals surface area (Å²) in [5.41, 5.74) is -0.294. The van der Waals surface area contributed by atoms with E-state index in [0.717, 1.165) is 12.8 Å². The van der Waals surface area contributed by atoms with Gasteiger partial charge in [-0.1, -0.05) is 27.2 Å². The van der Waals surface area contributed by atoms with Crippen LogP contribution in [0.5, 0.6) is 0 Å². The Morgan fingerprint density at radius 1 is 1.43 bits per heavy atom. The third-order valence-corrected chi connectivity index (χ3v) is 4.47. The van der Waals surface area contributed by atoms with Crippen LogP contribution in [0.4, 0.5) is 0 Å². The SMILES string of the molecule is CCCC(C)(C)NC(=O)c1n[nH]c(C(C)C)c1S(=O)(=O)Cl. The molecule has 0 aromatic carbocycles. The van der Waals surface area contributed by atoms with Gasteiger partial charge < -0.3 is 5.32 Å². The van der Waals surface area contributed by atoms with Crippen molar-refractivity contribution in [3.8, 4) is 0 Å². The van der Waals surface area contributed by atoms with E-state index < -0.39 is 20.5 Å². The molecule has 1 rings (SSSR count). The smallest absolute Gasteiger partial charge is 0.273 e. The Morgan fingerprint density at radius 3 is 2.43 bits per heavy atom. The zero-order valence-corrected chi connectivity index (χ0v) is 14.5. The number of amides is 1. The van der Waals surface area contributed by atoms with Crippen molar-refractivity contribution < 1.29 is 13.2 Å². The van der Waals surface area contributed by atoms with Gasteiger partial charge >= 0.3 is 0 Å². The number of hydrogen-bond donors (Lipinski definition) is 2. The van der Waals surface area contributed by atoms with Gasteiger partial charge in [0.15, 0.2) is 5.69 Å². The highest BCUT2D eigenvalue weighted by Crippen LogP contribution is 2.28. The molecule has 0 fully saturated rings. The summed E-state index contributed by atoms with van der Waals surface area (Å²) >= 11 is 0. The van der Waals surface area contributed by atoms with Crippen LogP contribution in [0.25, 0.3) is 0 Å². The molecular formula is C13H22ClN3O3S. The summed E-state index contributed by atoms with van der Waals surface area (Å²) in [4.78, 5) is 12.1. The Labute approximate surface area is 130 Å². The van der Waals surface area contributed by atoms with Crippen molar-refractivity contribution in [1.29, 1.82) is 0 Å². The summed E-state index contributed by atoms with van der Waals surface area (Å²) < 4.78 is 23.5. The molecule has 6 nitrogen and oxygen atoms in total. The molecular weight excluding hydrogens is 314 g/mol. The predicted molar refractivity (Wildman–Crippen MR) is 82.2 cm³/mol. The van der Waals surface area contributed by atoms with Gasteiger partial charge in [-0.2, -0.15) is 5.10 Å². The molecule has 0 radical (unpaired) electrons. The van der Waals surface area contributed by atoms with Crippen LogP contribution in [-0.4, -0.2) is 30.1 Å². The minimum atomic E-state index is -4.06. The molecule has 0 aliphatic carbocycles. The van der Waals surface area contributed by atoms with E-state index in [4.69, 9.17) is 10.7 Å². The molecule has 21 heavy (non-hydrogen) atoms. The Morgan fingerprint density at radius 2 is 2.00 bits per heavy atom. The number of rotatable bonds is 6. The average molecular weight is 336 g/mol. The number of carbonyl (C=O) groups is 1. The molecule has 0 bridgehead atoms. The number of carbonyl (C=O) groups excluding carboxylic acids is 1. The number of halogens is 1. The molecule has 0 aliphatic heterocycles. The number of nitrogens with one attached hydrogen (secondary N) is 2. The van der Waals surface area contributed by atoms with Crippen LogP contribution >= 0.6 is 10.7 Å². The predicted octanol–water partition coefficient (Wildman–Crippen LogP) is 2.77. The molecule has 1 amide bonds. The fraction of sp³-hybridized carbons (Fsp3) is 0.692. The van der Waals surface area contributed by atoms with Crippen LogP contribution in [0.1, 0.15) is 69.6 Å². The maximum absolute atomic E-state index is 12.3. The molecule has 1 aromatic heterocycles. The van der Waals surface area contributed by atoms with Crippen molar-refractivity contribution in [3.63, 3.8) is 0 Å². The average Bonchev–Trinajstić information content (AvgIpc) is 2.71. The second kappa shape index (κ2) is 6.36. The number of aromatic nitrogens is 2. The second-order valence-corrected chi connectivity index (χ2v) is 8.50. The minimum Gasteiger partial charge on any atom is -0.346 e. The highest BCUT2D eigenvalue weighted by atomic mass is 35.7. The van der Waals surface area contributed by atoms with Crippen molar-refractivity contribution in [2.45, 2.75) is 63.8 Å². The van der Waals surface area contributed by atoms with Crippen LogP contribution in [0.15, 0.2) is 4.90 Å². The van der Waals surface area contributed by atoms with Gasteiger partial charge in [0.05, 0.1) is 5.69 Å². The largest absolute Gasteiger partial charge is 0.346 e. The second-order valence-electron chi connectivity index (χ2n) is 6.00. The van der Waals surface area contributed by atoms with Gasteiger partial charge in [-0.25, -0.2) is 8.42 Å². The highest BCUT2D eigenvalue weighted by molar-refractivity contribution is 8.13. The Balaban J connectivity index is 3.23. The molecule has 0 saturated heterocycles. The standard InChI is InChI=1S/C13H22ClN3O3S/c1-6-7-13(4,5)15-12(18)10-11(21(14,19)20)9(8(2)3)16-17-10/h8H,6-7H2,1-5H3,(H,15,18)(H,16,17). The van der Waals surface area contributed by atoms with Crippen molar-refractivity contribution in [2.24, 2.45) is 0 Å². The molecule has 0 spiro atoms. The van der Waals surface area contributed by atoms with Gasteiger partial charge in [0, 0.05) is 16.2 Å². The first kappa shape index (κ1) is 18.0. The molecule has 0 saturated carbocycles. The van der Waals surface area contributed by atoms with Crippen molar-refractivity contribution in [1.82, 2.24) is 15.5 Å². The zero-order chi connectivity index (χ0) is 16.4. The van der Waals surface area contributed by atoms with E-state index >= 15 is 0 Å². The molecule has 8 heteroatoms. The van der Waals surface area contributed by atoms with Crippen LogP contribution in [-0.2, 0) is 9.05 Å². The summed E-state index contributed by atoms with van der Waals surface area (Å²) in [5.74, 6) is -0.693. The van der Waals surface area contributed by atoms with Gasteiger partial charge in [0.2, 0.25) is 0 Å². The van der Waals surface area contributed by atoms with Crippen molar-refractivity contribution in [2.75, 3.05) is 0 Å². The third kappa shape index (κ3) is 4.44. The van der Waals surface area contributed by atoms with E-state index in [1.54, 1.807) is 13.8 Å². The van der Waals surface area contributed by atoms with E-state index in [1.165, 1.54) is 0 Å². The van der Waals surface area contributed by atoms with E-state index in [2.05, 4.69) is 15.5 Å². The lowest BCUT2D eigenvalue weighted by Gasteiger charge is -2.25. The van der Waals surface area contributed by atoms with E-state index in [-0.39, 0.29) is 16.5 Å². The van der Waals surface area contributed by atoms with Gasteiger partial charge in [-0.15, -0.1) is 0 Å². The molecule has 0 unspecified atom stereocenters. The number of H-pyrrole nitrogens is 1. The highest BCUT2D eigenvalue weighted by Gasteiger charge is 2.31. The molecule has 0 aliphatic rings. The first-order chi connectivity index (χ1) is 9.49. The lowest BCUT2D eigenvalue weighted by Crippen LogP contribution is -2.43. The zero-order valence-electron chi connectivity index (χ0n) is 12.9. The lowest BCUT2D eigenvalue weighted by molar-refractivity contribution is 0.0900. The summed E-state index contributed by atoms with van der Waals surface area (Å²) in [7, 11) is 1.40. The molecule has 120 valence electrons. The first-order valence-electron chi connectivity index (χ1n) is 6.85. The van der Waals surface area contributed by atoms with Crippen LogP contribution in [0, 0.1) is 0 Å².